The Kier molecular flexibility index (Phi) is 4.21. The molecular formula is C16H23N3O. The van der Waals surface area contributed by atoms with Gasteiger partial charge in [-0.2, -0.15) is 0 Å². The zero-order valence-corrected chi connectivity index (χ0v) is 11.9. The molecule has 1 amide bonds. The van der Waals surface area contributed by atoms with Gasteiger partial charge in [0.05, 0.1) is 0 Å². The Bertz CT molecular complexity index is 444. The van der Waals surface area contributed by atoms with E-state index in [2.05, 4.69) is 21.6 Å². The third kappa shape index (κ3) is 3.12. The lowest BCUT2D eigenvalue weighted by molar-refractivity contribution is -0.121. The maximum absolute atomic E-state index is 12.1. The van der Waals surface area contributed by atoms with E-state index in [0.717, 1.165) is 31.6 Å². The minimum absolute atomic E-state index is 0.0980. The van der Waals surface area contributed by atoms with Crippen LogP contribution in [-0.2, 0) is 11.2 Å². The number of hydrogen-bond donors (Lipinski definition) is 2. The van der Waals surface area contributed by atoms with Gasteiger partial charge in [0.15, 0.2) is 0 Å². The Balaban J connectivity index is 1.38. The topological polar surface area (TPSA) is 44.4 Å². The maximum atomic E-state index is 12.1. The van der Waals surface area contributed by atoms with Crippen molar-refractivity contribution in [3.05, 3.63) is 29.8 Å². The van der Waals surface area contributed by atoms with Gasteiger partial charge in [-0.05, 0) is 50.5 Å². The average molecular weight is 273 g/mol. The fourth-order valence-corrected chi connectivity index (χ4v) is 3.10. The zero-order chi connectivity index (χ0) is 13.8. The van der Waals surface area contributed by atoms with Gasteiger partial charge in [0.25, 0.3) is 0 Å². The lowest BCUT2D eigenvalue weighted by Gasteiger charge is -2.15. The Labute approximate surface area is 120 Å². The van der Waals surface area contributed by atoms with E-state index in [-0.39, 0.29) is 11.9 Å². The molecule has 20 heavy (non-hydrogen) atoms. The molecule has 0 spiro atoms. The van der Waals surface area contributed by atoms with Crippen molar-refractivity contribution in [1.82, 2.24) is 10.2 Å². The van der Waals surface area contributed by atoms with E-state index in [9.17, 15) is 4.79 Å². The van der Waals surface area contributed by atoms with E-state index in [0.29, 0.717) is 0 Å². The molecule has 1 aromatic rings. The highest BCUT2D eigenvalue weighted by Crippen LogP contribution is 2.24. The first kappa shape index (κ1) is 13.4. The summed E-state index contributed by atoms with van der Waals surface area (Å²) < 4.78 is 0. The van der Waals surface area contributed by atoms with Crippen molar-refractivity contribution in [3.8, 4) is 0 Å². The molecule has 1 fully saturated rings. The van der Waals surface area contributed by atoms with E-state index in [1.807, 2.05) is 18.2 Å². The Morgan fingerprint density at radius 2 is 2.10 bits per heavy atom. The number of amides is 1. The molecule has 4 heteroatoms. The summed E-state index contributed by atoms with van der Waals surface area (Å²) in [5, 5.41) is 6.35. The molecule has 108 valence electrons. The van der Waals surface area contributed by atoms with Crippen molar-refractivity contribution < 1.29 is 4.79 Å². The van der Waals surface area contributed by atoms with Gasteiger partial charge in [-0.1, -0.05) is 18.2 Å². The van der Waals surface area contributed by atoms with Crippen molar-refractivity contribution in [2.24, 2.45) is 0 Å². The molecule has 0 bridgehead atoms. The van der Waals surface area contributed by atoms with Gasteiger partial charge in [0.1, 0.15) is 6.04 Å². The van der Waals surface area contributed by atoms with E-state index in [4.69, 9.17) is 0 Å². The van der Waals surface area contributed by atoms with Crippen LogP contribution in [0, 0.1) is 0 Å². The van der Waals surface area contributed by atoms with Crippen molar-refractivity contribution in [1.29, 1.82) is 0 Å². The predicted octanol–water partition coefficient (Wildman–Crippen LogP) is 1.63. The summed E-state index contributed by atoms with van der Waals surface area (Å²) in [6, 6.07) is 8.05. The molecule has 1 unspecified atom stereocenters. The van der Waals surface area contributed by atoms with Crippen molar-refractivity contribution >= 4 is 11.6 Å². The van der Waals surface area contributed by atoms with Gasteiger partial charge in [-0.3, -0.25) is 4.79 Å². The van der Waals surface area contributed by atoms with Gasteiger partial charge in [0.2, 0.25) is 5.91 Å². The normalized spacial score (nSPS) is 21.5. The van der Waals surface area contributed by atoms with Crippen molar-refractivity contribution in [2.75, 3.05) is 31.5 Å². The lowest BCUT2D eigenvalue weighted by atomic mass is 10.1. The summed E-state index contributed by atoms with van der Waals surface area (Å²) in [5.41, 5.74) is 2.34. The number of nitrogens with one attached hydrogen (secondary N) is 2. The summed E-state index contributed by atoms with van der Waals surface area (Å²) in [7, 11) is 0. The van der Waals surface area contributed by atoms with Crippen LogP contribution in [0.4, 0.5) is 5.69 Å². The lowest BCUT2D eigenvalue weighted by Crippen LogP contribution is -2.39. The van der Waals surface area contributed by atoms with Crippen LogP contribution in [0.2, 0.25) is 0 Å². The molecule has 0 radical (unpaired) electrons. The van der Waals surface area contributed by atoms with Gasteiger partial charge < -0.3 is 15.5 Å². The minimum Gasteiger partial charge on any atom is -0.373 e. The summed E-state index contributed by atoms with van der Waals surface area (Å²) in [5.74, 6) is 0.127. The molecule has 0 saturated carbocycles. The molecule has 1 saturated heterocycles. The molecule has 1 atom stereocenters. The maximum Gasteiger partial charge on any atom is 0.242 e. The van der Waals surface area contributed by atoms with Crippen LogP contribution < -0.4 is 10.6 Å². The Hall–Kier alpha value is -1.55. The van der Waals surface area contributed by atoms with Crippen LogP contribution in [0.15, 0.2) is 24.3 Å². The van der Waals surface area contributed by atoms with Gasteiger partial charge in [0, 0.05) is 18.7 Å². The van der Waals surface area contributed by atoms with Crippen molar-refractivity contribution in [2.45, 2.75) is 31.7 Å². The van der Waals surface area contributed by atoms with E-state index in [1.165, 1.54) is 31.5 Å². The number of carbonyl (C=O) groups is 1. The average Bonchev–Trinajstić information content (AvgIpc) is 3.12. The highest BCUT2D eigenvalue weighted by molar-refractivity contribution is 5.87. The second kappa shape index (κ2) is 6.27. The zero-order valence-electron chi connectivity index (χ0n) is 11.9. The van der Waals surface area contributed by atoms with Gasteiger partial charge in [-0.15, -0.1) is 0 Å². The highest BCUT2D eigenvalue weighted by Gasteiger charge is 2.25. The van der Waals surface area contributed by atoms with Crippen LogP contribution in [-0.4, -0.2) is 43.0 Å². The summed E-state index contributed by atoms with van der Waals surface area (Å²) >= 11 is 0. The molecule has 1 aromatic carbocycles. The van der Waals surface area contributed by atoms with Crippen LogP contribution in [0.5, 0.6) is 0 Å². The van der Waals surface area contributed by atoms with Crippen LogP contribution in [0.25, 0.3) is 0 Å². The number of hydrogen-bond acceptors (Lipinski definition) is 3. The number of benzene rings is 1. The first-order chi connectivity index (χ1) is 9.83. The van der Waals surface area contributed by atoms with Crippen LogP contribution >= 0.6 is 0 Å². The van der Waals surface area contributed by atoms with Crippen LogP contribution in [0.1, 0.15) is 24.8 Å². The molecule has 2 aliphatic heterocycles. The summed E-state index contributed by atoms with van der Waals surface area (Å²) in [6.45, 7) is 4.35. The number of nitrogens with zero attached hydrogens (tertiary/aromatic N) is 1. The smallest absolute Gasteiger partial charge is 0.242 e. The number of anilines is 1. The van der Waals surface area contributed by atoms with E-state index < -0.39 is 0 Å². The summed E-state index contributed by atoms with van der Waals surface area (Å²) in [6.07, 6.45) is 4.51. The molecule has 2 N–H and O–H groups in total. The monoisotopic (exact) mass is 273 g/mol. The summed E-state index contributed by atoms with van der Waals surface area (Å²) in [4.78, 5) is 14.6. The Morgan fingerprint density at radius 3 is 2.90 bits per heavy atom. The molecule has 3 rings (SSSR count). The molecule has 2 heterocycles. The second-order valence-corrected chi connectivity index (χ2v) is 5.75. The number of likely N-dealkylation sites (tertiary alicyclic amines) is 1. The minimum atomic E-state index is -0.0980. The molecular weight excluding hydrogens is 250 g/mol. The predicted molar refractivity (Wildman–Crippen MR) is 80.9 cm³/mol. The molecule has 0 aromatic heterocycles. The highest BCUT2D eigenvalue weighted by atomic mass is 16.2. The fraction of sp³-hybridized carbons (Fsp3) is 0.562. The second-order valence-electron chi connectivity index (χ2n) is 5.75. The number of carbonyl (C=O) groups excluding carboxylic acids is 1. The third-order valence-electron chi connectivity index (χ3n) is 4.24. The van der Waals surface area contributed by atoms with E-state index >= 15 is 0 Å². The first-order valence-electron chi connectivity index (χ1n) is 7.67. The molecule has 0 aliphatic carbocycles. The quantitative estimate of drug-likeness (QED) is 0.801. The Morgan fingerprint density at radius 1 is 1.30 bits per heavy atom. The SMILES string of the molecule is O=C(NCCCN1CCCC1)C1Cc2ccccc2N1. The van der Waals surface area contributed by atoms with Gasteiger partial charge in [-0.25, -0.2) is 0 Å². The first-order valence-corrected chi connectivity index (χ1v) is 7.67. The number of rotatable bonds is 5. The largest absolute Gasteiger partial charge is 0.373 e. The van der Waals surface area contributed by atoms with Crippen molar-refractivity contribution in [3.63, 3.8) is 0 Å². The number of fused-ring (bicyclic) bond motifs is 1. The van der Waals surface area contributed by atoms with E-state index in [1.54, 1.807) is 0 Å². The van der Waals surface area contributed by atoms with Crippen LogP contribution in [0.3, 0.4) is 0 Å². The molecule has 2 aliphatic rings. The standard InChI is InChI=1S/C16H23N3O/c20-16(17-8-5-11-19-9-3-4-10-19)15-12-13-6-1-2-7-14(13)18-15/h1-2,6-7,15,18H,3-5,8-12H2,(H,17,20). The number of para-hydroxylation sites is 1. The third-order valence-corrected chi connectivity index (χ3v) is 4.24. The molecule has 4 nitrogen and oxygen atoms in total. The fourth-order valence-electron chi connectivity index (χ4n) is 3.10. The van der Waals surface area contributed by atoms with Gasteiger partial charge >= 0.3 is 0 Å².